The van der Waals surface area contributed by atoms with Crippen molar-refractivity contribution in [3.05, 3.63) is 35.9 Å². The number of hydrogen-bond donors (Lipinski definition) is 0. The molecule has 1 heterocycles. The standard InChI is InChI=1S/C21H23NO4/c1-25-16-6-3-11(9-17(16)26-2)7-8-22-20(23)18-12-4-5-13(15-10-14(12)15)19(18)21(22)24/h3-6,9,12-15,18-19H,7-8,10H2,1-2H3/t12-,13-,14-,15+,18+,19+/m1/s1. The van der Waals surface area contributed by atoms with Crippen LogP contribution in [-0.2, 0) is 16.0 Å². The fourth-order valence-corrected chi connectivity index (χ4v) is 5.52. The Morgan fingerprint density at radius 3 is 2.15 bits per heavy atom. The van der Waals surface area contributed by atoms with E-state index in [0.29, 0.717) is 36.3 Å². The number of ether oxygens (including phenoxy) is 2. The summed E-state index contributed by atoms with van der Waals surface area (Å²) in [5.74, 6) is 3.10. The van der Waals surface area contributed by atoms with E-state index in [9.17, 15) is 9.59 Å². The van der Waals surface area contributed by atoms with E-state index in [-0.39, 0.29) is 35.5 Å². The third-order valence-corrected chi connectivity index (χ3v) is 6.83. The van der Waals surface area contributed by atoms with Crippen LogP contribution in [0.3, 0.4) is 0 Å². The minimum absolute atomic E-state index is 0.0465. The van der Waals surface area contributed by atoms with Crippen molar-refractivity contribution in [2.75, 3.05) is 20.8 Å². The summed E-state index contributed by atoms with van der Waals surface area (Å²) < 4.78 is 10.6. The van der Waals surface area contributed by atoms with Gasteiger partial charge in [0.25, 0.3) is 0 Å². The summed E-state index contributed by atoms with van der Waals surface area (Å²) >= 11 is 0. The van der Waals surface area contributed by atoms with Gasteiger partial charge in [0, 0.05) is 6.54 Å². The first-order valence-corrected chi connectivity index (χ1v) is 9.38. The van der Waals surface area contributed by atoms with E-state index in [0.717, 1.165) is 5.56 Å². The fourth-order valence-electron chi connectivity index (χ4n) is 5.52. The molecule has 4 aliphatic carbocycles. The van der Waals surface area contributed by atoms with Gasteiger partial charge < -0.3 is 9.47 Å². The zero-order chi connectivity index (χ0) is 18.0. The van der Waals surface area contributed by atoms with Gasteiger partial charge in [-0.05, 0) is 54.2 Å². The smallest absolute Gasteiger partial charge is 0.233 e. The molecule has 5 nitrogen and oxygen atoms in total. The maximum atomic E-state index is 13.0. The predicted molar refractivity (Wildman–Crippen MR) is 94.7 cm³/mol. The highest BCUT2D eigenvalue weighted by Gasteiger charge is 2.66. The number of amides is 2. The molecule has 5 heteroatoms. The number of allylic oxidation sites excluding steroid dienone is 2. The highest BCUT2D eigenvalue weighted by atomic mass is 16.5. The Morgan fingerprint density at radius 1 is 0.962 bits per heavy atom. The molecule has 6 rings (SSSR count). The lowest BCUT2D eigenvalue weighted by Gasteiger charge is -2.37. The molecule has 2 bridgehead atoms. The number of carbonyl (C=O) groups is 2. The van der Waals surface area contributed by atoms with Crippen molar-refractivity contribution in [3.63, 3.8) is 0 Å². The van der Waals surface area contributed by atoms with Crippen LogP contribution < -0.4 is 9.47 Å². The molecule has 1 saturated heterocycles. The molecule has 6 atom stereocenters. The lowest BCUT2D eigenvalue weighted by Crippen LogP contribution is -2.40. The molecule has 26 heavy (non-hydrogen) atoms. The Kier molecular flexibility index (Phi) is 3.43. The van der Waals surface area contributed by atoms with Crippen LogP contribution in [0.5, 0.6) is 11.5 Å². The second-order valence-electron chi connectivity index (χ2n) is 7.92. The van der Waals surface area contributed by atoms with Crippen molar-refractivity contribution in [1.29, 1.82) is 0 Å². The van der Waals surface area contributed by atoms with Gasteiger partial charge in [0.05, 0.1) is 26.1 Å². The van der Waals surface area contributed by atoms with E-state index in [1.54, 1.807) is 14.2 Å². The van der Waals surface area contributed by atoms with Crippen molar-refractivity contribution in [3.8, 4) is 11.5 Å². The van der Waals surface area contributed by atoms with Gasteiger partial charge in [0.1, 0.15) is 0 Å². The van der Waals surface area contributed by atoms with Crippen molar-refractivity contribution < 1.29 is 19.1 Å². The van der Waals surface area contributed by atoms with Crippen LogP contribution in [0.1, 0.15) is 12.0 Å². The topological polar surface area (TPSA) is 55.8 Å². The second-order valence-corrected chi connectivity index (χ2v) is 7.92. The van der Waals surface area contributed by atoms with E-state index in [4.69, 9.17) is 9.47 Å². The van der Waals surface area contributed by atoms with E-state index in [1.165, 1.54) is 11.3 Å². The Bertz CT molecular complexity index is 780. The van der Waals surface area contributed by atoms with E-state index in [2.05, 4.69) is 12.2 Å². The number of benzene rings is 1. The van der Waals surface area contributed by atoms with Gasteiger partial charge in [-0.15, -0.1) is 0 Å². The average molecular weight is 353 g/mol. The van der Waals surface area contributed by atoms with Crippen LogP contribution in [0.25, 0.3) is 0 Å². The highest BCUT2D eigenvalue weighted by Crippen LogP contribution is 2.65. The summed E-state index contributed by atoms with van der Waals surface area (Å²) in [5, 5.41) is 0. The van der Waals surface area contributed by atoms with Crippen LogP contribution in [0.15, 0.2) is 30.4 Å². The number of methoxy groups -OCH3 is 2. The third kappa shape index (κ3) is 2.09. The molecule has 1 aromatic rings. The number of nitrogens with zero attached hydrogens (tertiary/aromatic N) is 1. The number of carbonyl (C=O) groups excluding carboxylic acids is 2. The first-order chi connectivity index (χ1) is 12.6. The van der Waals surface area contributed by atoms with Crippen LogP contribution in [0, 0.1) is 35.5 Å². The summed E-state index contributed by atoms with van der Waals surface area (Å²) in [5.41, 5.74) is 1.03. The molecule has 2 amide bonds. The molecule has 5 aliphatic rings. The molecule has 3 fully saturated rings. The molecule has 0 radical (unpaired) electrons. The molecular weight excluding hydrogens is 330 g/mol. The molecule has 0 spiro atoms. The third-order valence-electron chi connectivity index (χ3n) is 6.83. The maximum absolute atomic E-state index is 13.0. The summed E-state index contributed by atoms with van der Waals surface area (Å²) in [6.07, 6.45) is 6.25. The van der Waals surface area contributed by atoms with Gasteiger partial charge in [0.15, 0.2) is 11.5 Å². The van der Waals surface area contributed by atoms with Gasteiger partial charge in [0.2, 0.25) is 11.8 Å². The Balaban J connectivity index is 1.33. The molecule has 0 unspecified atom stereocenters. The van der Waals surface area contributed by atoms with Crippen molar-refractivity contribution in [1.82, 2.24) is 4.90 Å². The molecule has 0 aromatic heterocycles. The van der Waals surface area contributed by atoms with Crippen molar-refractivity contribution in [2.24, 2.45) is 35.5 Å². The average Bonchev–Trinajstić information content (AvgIpc) is 3.45. The summed E-state index contributed by atoms with van der Waals surface area (Å²) in [4.78, 5) is 27.5. The molecular formula is C21H23NO4. The Hall–Kier alpha value is -2.30. The number of likely N-dealkylation sites (tertiary alicyclic amines) is 1. The maximum Gasteiger partial charge on any atom is 0.233 e. The Labute approximate surface area is 153 Å². The van der Waals surface area contributed by atoms with Crippen LogP contribution in [0.2, 0.25) is 0 Å². The SMILES string of the molecule is COc1ccc(CCN2C(=O)[C@H]3[C@@H]4C=C[C@H]([C@@H]5C[C@H]45)[C@@H]3C2=O)cc1OC. The molecule has 0 N–H and O–H groups in total. The summed E-state index contributed by atoms with van der Waals surface area (Å²) in [6, 6.07) is 5.73. The predicted octanol–water partition coefficient (Wildman–Crippen LogP) is 2.30. The van der Waals surface area contributed by atoms with Gasteiger partial charge >= 0.3 is 0 Å². The van der Waals surface area contributed by atoms with E-state index < -0.39 is 0 Å². The lowest BCUT2D eigenvalue weighted by molar-refractivity contribution is -0.140. The summed E-state index contributed by atoms with van der Waals surface area (Å²) in [6.45, 7) is 0.439. The fraction of sp³-hybridized carbons (Fsp3) is 0.524. The number of hydrogen-bond acceptors (Lipinski definition) is 4. The molecule has 2 saturated carbocycles. The van der Waals surface area contributed by atoms with E-state index in [1.807, 2.05) is 18.2 Å². The Morgan fingerprint density at radius 2 is 1.58 bits per heavy atom. The first kappa shape index (κ1) is 15.9. The van der Waals surface area contributed by atoms with E-state index >= 15 is 0 Å². The lowest BCUT2D eigenvalue weighted by atomic mass is 9.63. The van der Waals surface area contributed by atoms with Crippen LogP contribution in [-0.4, -0.2) is 37.5 Å². The normalized spacial score (nSPS) is 36.2. The minimum atomic E-state index is -0.105. The monoisotopic (exact) mass is 353 g/mol. The van der Waals surface area contributed by atoms with Crippen LogP contribution in [0.4, 0.5) is 0 Å². The summed E-state index contributed by atoms with van der Waals surface area (Å²) in [7, 11) is 3.21. The quantitative estimate of drug-likeness (QED) is 0.602. The first-order valence-electron chi connectivity index (χ1n) is 9.38. The van der Waals surface area contributed by atoms with Gasteiger partial charge in [-0.3, -0.25) is 14.5 Å². The van der Waals surface area contributed by atoms with Gasteiger partial charge in [-0.1, -0.05) is 18.2 Å². The largest absolute Gasteiger partial charge is 0.493 e. The highest BCUT2D eigenvalue weighted by molar-refractivity contribution is 6.06. The van der Waals surface area contributed by atoms with Crippen molar-refractivity contribution >= 4 is 11.8 Å². The minimum Gasteiger partial charge on any atom is -0.493 e. The van der Waals surface area contributed by atoms with Gasteiger partial charge in [-0.25, -0.2) is 0 Å². The van der Waals surface area contributed by atoms with Crippen molar-refractivity contribution in [2.45, 2.75) is 12.8 Å². The molecule has 136 valence electrons. The second kappa shape index (κ2) is 5.60. The van der Waals surface area contributed by atoms with Crippen LogP contribution >= 0.6 is 0 Å². The molecule has 1 aromatic carbocycles. The molecule has 1 aliphatic heterocycles. The zero-order valence-electron chi connectivity index (χ0n) is 15.1. The number of imide groups is 1. The van der Waals surface area contributed by atoms with Gasteiger partial charge in [-0.2, -0.15) is 0 Å². The zero-order valence-corrected chi connectivity index (χ0v) is 15.1. The number of rotatable bonds is 5.